The molecule has 27 heavy (non-hydrogen) atoms. The predicted molar refractivity (Wildman–Crippen MR) is 112 cm³/mol. The molecule has 5 nitrogen and oxygen atoms in total. The highest BCUT2D eigenvalue weighted by Crippen LogP contribution is 2.24. The molecule has 1 heterocycles. The molecular formula is C20H21BrClN3O2. The zero-order valence-electron chi connectivity index (χ0n) is 14.8. The molecule has 1 aliphatic rings. The van der Waals surface area contributed by atoms with Gasteiger partial charge in [0, 0.05) is 34.0 Å². The van der Waals surface area contributed by atoms with E-state index in [1.807, 2.05) is 29.2 Å². The Hall–Kier alpha value is -2.05. The Morgan fingerprint density at radius 2 is 1.74 bits per heavy atom. The first-order chi connectivity index (χ1) is 13.0. The van der Waals surface area contributed by atoms with Crippen LogP contribution in [0.15, 0.2) is 46.9 Å². The van der Waals surface area contributed by atoms with Crippen molar-refractivity contribution < 1.29 is 9.59 Å². The Morgan fingerprint density at radius 3 is 2.44 bits per heavy atom. The summed E-state index contributed by atoms with van der Waals surface area (Å²) >= 11 is 9.46. The van der Waals surface area contributed by atoms with Gasteiger partial charge in [0.05, 0.1) is 12.1 Å². The fourth-order valence-corrected chi connectivity index (χ4v) is 3.47. The molecule has 2 aromatic rings. The number of piperidine rings is 1. The molecular weight excluding hydrogens is 430 g/mol. The van der Waals surface area contributed by atoms with Crippen LogP contribution in [0.3, 0.4) is 0 Å². The average Bonchev–Trinajstić information content (AvgIpc) is 2.68. The van der Waals surface area contributed by atoms with Gasteiger partial charge < -0.3 is 15.5 Å². The van der Waals surface area contributed by atoms with E-state index in [-0.39, 0.29) is 18.4 Å². The standard InChI is InChI=1S/C20H21BrClN3O2/c21-14-4-7-16(8-5-14)24-19(26)13-23-18-12-15(22)6-9-17(18)20(27)25-10-2-1-3-11-25/h4-9,12,23H,1-3,10-11,13H2,(H,24,26). The van der Waals surface area contributed by atoms with Crippen molar-refractivity contribution >= 4 is 50.7 Å². The first-order valence-electron chi connectivity index (χ1n) is 8.91. The second-order valence-corrected chi connectivity index (χ2v) is 7.80. The van der Waals surface area contributed by atoms with Gasteiger partial charge in [-0.15, -0.1) is 0 Å². The van der Waals surface area contributed by atoms with Crippen molar-refractivity contribution in [2.45, 2.75) is 19.3 Å². The van der Waals surface area contributed by atoms with Gasteiger partial charge in [-0.3, -0.25) is 9.59 Å². The fourth-order valence-electron chi connectivity index (χ4n) is 3.03. The first-order valence-corrected chi connectivity index (χ1v) is 10.1. The van der Waals surface area contributed by atoms with E-state index in [9.17, 15) is 9.59 Å². The smallest absolute Gasteiger partial charge is 0.255 e. The Bertz CT molecular complexity index is 820. The molecule has 0 saturated carbocycles. The molecule has 7 heteroatoms. The van der Waals surface area contributed by atoms with Crippen LogP contribution in [0, 0.1) is 0 Å². The number of likely N-dealkylation sites (tertiary alicyclic amines) is 1. The molecule has 2 N–H and O–H groups in total. The summed E-state index contributed by atoms with van der Waals surface area (Å²) in [6, 6.07) is 12.4. The number of carbonyl (C=O) groups is 2. The van der Waals surface area contributed by atoms with Gasteiger partial charge in [0.2, 0.25) is 5.91 Å². The van der Waals surface area contributed by atoms with E-state index in [0.29, 0.717) is 22.0 Å². The fraction of sp³-hybridized carbons (Fsp3) is 0.300. The van der Waals surface area contributed by atoms with Crippen LogP contribution in [0.25, 0.3) is 0 Å². The van der Waals surface area contributed by atoms with Gasteiger partial charge in [-0.1, -0.05) is 27.5 Å². The highest BCUT2D eigenvalue weighted by Gasteiger charge is 2.21. The van der Waals surface area contributed by atoms with Gasteiger partial charge in [-0.05, 0) is 61.7 Å². The molecule has 0 spiro atoms. The van der Waals surface area contributed by atoms with Crippen LogP contribution in [0.2, 0.25) is 5.02 Å². The van der Waals surface area contributed by atoms with Gasteiger partial charge in [0.25, 0.3) is 5.91 Å². The minimum atomic E-state index is -0.200. The van der Waals surface area contributed by atoms with Crippen LogP contribution < -0.4 is 10.6 Å². The molecule has 2 amide bonds. The minimum Gasteiger partial charge on any atom is -0.375 e. The molecule has 2 aromatic carbocycles. The zero-order chi connectivity index (χ0) is 19.2. The molecule has 3 rings (SSSR count). The molecule has 0 atom stereocenters. The zero-order valence-corrected chi connectivity index (χ0v) is 17.1. The Kier molecular flexibility index (Phi) is 6.74. The van der Waals surface area contributed by atoms with Crippen molar-refractivity contribution in [3.63, 3.8) is 0 Å². The Balaban J connectivity index is 1.66. The van der Waals surface area contributed by atoms with Gasteiger partial charge >= 0.3 is 0 Å². The van der Waals surface area contributed by atoms with Crippen molar-refractivity contribution in [2.75, 3.05) is 30.3 Å². The number of halogens is 2. The van der Waals surface area contributed by atoms with E-state index in [1.54, 1.807) is 18.2 Å². The lowest BCUT2D eigenvalue weighted by Gasteiger charge is -2.27. The molecule has 1 fully saturated rings. The topological polar surface area (TPSA) is 61.4 Å². The molecule has 142 valence electrons. The second-order valence-electron chi connectivity index (χ2n) is 6.45. The maximum absolute atomic E-state index is 12.8. The maximum atomic E-state index is 12.8. The number of amides is 2. The van der Waals surface area contributed by atoms with Crippen molar-refractivity contribution in [1.29, 1.82) is 0 Å². The van der Waals surface area contributed by atoms with Crippen LogP contribution >= 0.6 is 27.5 Å². The van der Waals surface area contributed by atoms with E-state index in [0.717, 1.165) is 36.8 Å². The molecule has 0 unspecified atom stereocenters. The summed E-state index contributed by atoms with van der Waals surface area (Å²) in [5.74, 6) is -0.226. The van der Waals surface area contributed by atoms with Crippen LogP contribution in [-0.2, 0) is 4.79 Å². The normalized spacial score (nSPS) is 13.9. The SMILES string of the molecule is O=C(CNc1cc(Cl)ccc1C(=O)N1CCCCC1)Nc1ccc(Br)cc1. The summed E-state index contributed by atoms with van der Waals surface area (Å²) in [6.07, 6.45) is 3.21. The first kappa shape index (κ1) is 19.7. The third-order valence-corrected chi connectivity index (χ3v) is 5.19. The summed E-state index contributed by atoms with van der Waals surface area (Å²) in [7, 11) is 0. The summed E-state index contributed by atoms with van der Waals surface area (Å²) in [5, 5.41) is 6.38. The maximum Gasteiger partial charge on any atom is 0.255 e. The third-order valence-electron chi connectivity index (χ3n) is 4.42. The van der Waals surface area contributed by atoms with Crippen molar-refractivity contribution in [3.8, 4) is 0 Å². The van der Waals surface area contributed by atoms with Crippen LogP contribution in [-0.4, -0.2) is 36.3 Å². The van der Waals surface area contributed by atoms with Gasteiger partial charge in [0.15, 0.2) is 0 Å². The van der Waals surface area contributed by atoms with Crippen LogP contribution in [0.1, 0.15) is 29.6 Å². The Morgan fingerprint density at radius 1 is 1.04 bits per heavy atom. The molecule has 0 aliphatic carbocycles. The number of nitrogens with zero attached hydrogens (tertiary/aromatic N) is 1. The third kappa shape index (κ3) is 5.47. The highest BCUT2D eigenvalue weighted by atomic mass is 79.9. The number of anilines is 2. The summed E-state index contributed by atoms with van der Waals surface area (Å²) in [5.41, 5.74) is 1.82. The monoisotopic (exact) mass is 449 g/mol. The van der Waals surface area contributed by atoms with E-state index in [1.165, 1.54) is 0 Å². The number of carbonyl (C=O) groups excluding carboxylic acids is 2. The van der Waals surface area contributed by atoms with Crippen molar-refractivity contribution in [2.24, 2.45) is 0 Å². The van der Waals surface area contributed by atoms with Crippen molar-refractivity contribution in [1.82, 2.24) is 4.90 Å². The molecule has 0 aromatic heterocycles. The summed E-state index contributed by atoms with van der Waals surface area (Å²) < 4.78 is 0.943. The second kappa shape index (κ2) is 9.24. The van der Waals surface area contributed by atoms with Gasteiger partial charge in [-0.2, -0.15) is 0 Å². The lowest BCUT2D eigenvalue weighted by Crippen LogP contribution is -2.36. The van der Waals surface area contributed by atoms with Crippen LogP contribution in [0.4, 0.5) is 11.4 Å². The largest absolute Gasteiger partial charge is 0.375 e. The molecule has 1 aliphatic heterocycles. The summed E-state index contributed by atoms with van der Waals surface area (Å²) in [6.45, 7) is 1.58. The van der Waals surface area contributed by atoms with Gasteiger partial charge in [-0.25, -0.2) is 0 Å². The average molecular weight is 451 g/mol. The molecule has 1 saturated heterocycles. The predicted octanol–water partition coefficient (Wildman–Crippen LogP) is 4.78. The highest BCUT2D eigenvalue weighted by molar-refractivity contribution is 9.10. The quantitative estimate of drug-likeness (QED) is 0.689. The Labute approximate surface area is 172 Å². The van der Waals surface area contributed by atoms with Gasteiger partial charge in [0.1, 0.15) is 0 Å². The number of nitrogens with one attached hydrogen (secondary N) is 2. The van der Waals surface area contributed by atoms with Crippen molar-refractivity contribution in [3.05, 3.63) is 57.5 Å². The van der Waals surface area contributed by atoms with E-state index >= 15 is 0 Å². The van der Waals surface area contributed by atoms with E-state index in [4.69, 9.17) is 11.6 Å². The number of hydrogen-bond acceptors (Lipinski definition) is 3. The van der Waals surface area contributed by atoms with E-state index < -0.39 is 0 Å². The number of hydrogen-bond donors (Lipinski definition) is 2. The lowest BCUT2D eigenvalue weighted by atomic mass is 10.1. The summed E-state index contributed by atoms with van der Waals surface area (Å²) in [4.78, 5) is 26.9. The lowest BCUT2D eigenvalue weighted by molar-refractivity contribution is -0.114. The molecule has 0 radical (unpaired) electrons. The van der Waals surface area contributed by atoms with E-state index in [2.05, 4.69) is 26.6 Å². The molecule has 0 bridgehead atoms. The number of benzene rings is 2. The number of rotatable bonds is 5. The minimum absolute atomic E-state index is 0.0258. The van der Waals surface area contributed by atoms with Crippen LogP contribution in [0.5, 0.6) is 0 Å².